The lowest BCUT2D eigenvalue weighted by molar-refractivity contribution is -0.121. The second-order valence-corrected chi connectivity index (χ2v) is 5.95. The number of hydrogen-bond acceptors (Lipinski definition) is 3. The molecule has 0 aliphatic heterocycles. The van der Waals surface area contributed by atoms with Gasteiger partial charge in [0.2, 0.25) is 5.91 Å². The Balaban J connectivity index is 2.55. The quantitative estimate of drug-likeness (QED) is 0.854. The van der Waals surface area contributed by atoms with E-state index in [4.69, 9.17) is 16.7 Å². The molecule has 0 saturated heterocycles. The summed E-state index contributed by atoms with van der Waals surface area (Å²) in [4.78, 5) is 12.4. The molecule has 0 radical (unpaired) electrons. The Morgan fingerprint density at radius 3 is 2.75 bits per heavy atom. The fraction of sp³-hybridized carbons (Fsp3) is 0.545. The molecule has 0 bridgehead atoms. The van der Waals surface area contributed by atoms with Crippen molar-refractivity contribution < 1.29 is 9.90 Å². The van der Waals surface area contributed by atoms with E-state index in [1.807, 2.05) is 26.0 Å². The molecule has 90 valence electrons. The lowest BCUT2D eigenvalue weighted by Crippen LogP contribution is -2.36. The molecule has 0 aliphatic rings. The molecule has 0 unspecified atom stereocenters. The van der Waals surface area contributed by atoms with Crippen molar-refractivity contribution in [3.05, 3.63) is 21.3 Å². The normalized spacial score (nSPS) is 11.5. The Labute approximate surface area is 104 Å². The maximum atomic E-state index is 11.2. The Kier molecular flexibility index (Phi) is 4.77. The predicted octanol–water partition coefficient (Wildman–Crippen LogP) is 2.18. The fourth-order valence-corrected chi connectivity index (χ4v) is 2.42. The average molecular weight is 262 g/mol. The number of hydrogen-bond donors (Lipinski definition) is 2. The van der Waals surface area contributed by atoms with E-state index in [2.05, 4.69) is 5.32 Å². The summed E-state index contributed by atoms with van der Waals surface area (Å²) in [5.41, 5.74) is -0.136. The zero-order chi connectivity index (χ0) is 12.2. The summed E-state index contributed by atoms with van der Waals surface area (Å²) >= 11 is 7.40. The number of carbonyl (C=O) groups is 1. The van der Waals surface area contributed by atoms with Crippen molar-refractivity contribution in [2.75, 3.05) is 13.2 Å². The van der Waals surface area contributed by atoms with Gasteiger partial charge in [0.25, 0.3) is 0 Å². The van der Waals surface area contributed by atoms with Crippen LogP contribution in [0.2, 0.25) is 4.34 Å². The van der Waals surface area contributed by atoms with Crippen LogP contribution in [0.15, 0.2) is 12.1 Å². The van der Waals surface area contributed by atoms with E-state index < -0.39 is 0 Å². The molecule has 0 saturated carbocycles. The molecule has 0 aromatic carbocycles. The number of thiophene rings is 1. The van der Waals surface area contributed by atoms with Gasteiger partial charge in [-0.1, -0.05) is 25.4 Å². The van der Waals surface area contributed by atoms with Gasteiger partial charge >= 0.3 is 0 Å². The Morgan fingerprint density at radius 2 is 2.25 bits per heavy atom. The van der Waals surface area contributed by atoms with Gasteiger partial charge in [-0.15, -0.1) is 11.3 Å². The fourth-order valence-electron chi connectivity index (χ4n) is 1.27. The molecule has 1 aromatic rings. The maximum Gasteiger partial charge on any atom is 0.222 e. The largest absolute Gasteiger partial charge is 0.396 e. The minimum atomic E-state index is -0.136. The molecule has 5 heteroatoms. The van der Waals surface area contributed by atoms with Gasteiger partial charge in [0.15, 0.2) is 0 Å². The molecule has 16 heavy (non-hydrogen) atoms. The van der Waals surface area contributed by atoms with Gasteiger partial charge < -0.3 is 10.4 Å². The minimum absolute atomic E-state index is 0.114. The third-order valence-electron chi connectivity index (χ3n) is 2.31. The van der Waals surface area contributed by atoms with Crippen LogP contribution in [-0.2, 0) is 10.2 Å². The van der Waals surface area contributed by atoms with Crippen molar-refractivity contribution in [2.45, 2.75) is 25.7 Å². The van der Waals surface area contributed by atoms with Gasteiger partial charge in [-0.2, -0.15) is 0 Å². The Morgan fingerprint density at radius 1 is 1.56 bits per heavy atom. The highest BCUT2D eigenvalue weighted by Crippen LogP contribution is 2.31. The summed E-state index contributed by atoms with van der Waals surface area (Å²) in [6.45, 7) is 4.53. The molecule has 0 fully saturated rings. The first-order chi connectivity index (χ1) is 7.45. The van der Waals surface area contributed by atoms with Gasteiger partial charge in [-0.05, 0) is 12.1 Å². The van der Waals surface area contributed by atoms with Gasteiger partial charge in [0.05, 0.1) is 10.9 Å². The molecule has 1 heterocycles. The summed E-state index contributed by atoms with van der Waals surface area (Å²) < 4.78 is 0.754. The van der Waals surface area contributed by atoms with Crippen LogP contribution >= 0.6 is 22.9 Å². The van der Waals surface area contributed by atoms with Crippen LogP contribution in [0.25, 0.3) is 0 Å². The van der Waals surface area contributed by atoms with E-state index in [1.165, 1.54) is 11.3 Å². The average Bonchev–Trinajstić information content (AvgIpc) is 2.63. The molecule has 0 aliphatic carbocycles. The maximum absolute atomic E-state index is 11.2. The number of nitrogens with one attached hydrogen (secondary N) is 1. The highest BCUT2D eigenvalue weighted by Gasteiger charge is 2.23. The van der Waals surface area contributed by atoms with Gasteiger partial charge in [-0.3, -0.25) is 4.79 Å². The van der Waals surface area contributed by atoms with Crippen molar-refractivity contribution in [3.8, 4) is 0 Å². The summed E-state index contributed by atoms with van der Waals surface area (Å²) in [5, 5.41) is 11.4. The first-order valence-electron chi connectivity index (χ1n) is 5.09. The van der Waals surface area contributed by atoms with E-state index in [0.29, 0.717) is 6.54 Å². The van der Waals surface area contributed by atoms with Crippen molar-refractivity contribution in [1.82, 2.24) is 5.32 Å². The van der Waals surface area contributed by atoms with Crippen LogP contribution in [-0.4, -0.2) is 24.2 Å². The van der Waals surface area contributed by atoms with Crippen molar-refractivity contribution in [2.24, 2.45) is 0 Å². The lowest BCUT2D eigenvalue weighted by atomic mass is 9.91. The third-order valence-corrected chi connectivity index (χ3v) is 3.90. The summed E-state index contributed by atoms with van der Waals surface area (Å²) in [5.74, 6) is -0.127. The smallest absolute Gasteiger partial charge is 0.222 e. The lowest BCUT2D eigenvalue weighted by Gasteiger charge is -2.23. The number of rotatable bonds is 5. The molecule has 1 amide bonds. The second kappa shape index (κ2) is 5.66. The van der Waals surface area contributed by atoms with E-state index in [-0.39, 0.29) is 24.3 Å². The number of halogens is 1. The molecule has 2 N–H and O–H groups in total. The van der Waals surface area contributed by atoms with Crippen LogP contribution < -0.4 is 5.32 Å². The number of amides is 1. The summed E-state index contributed by atoms with van der Waals surface area (Å²) in [7, 11) is 0. The first kappa shape index (κ1) is 13.5. The number of carbonyl (C=O) groups excluding carboxylic acids is 1. The third kappa shape index (κ3) is 3.77. The van der Waals surface area contributed by atoms with Crippen molar-refractivity contribution in [1.29, 1.82) is 0 Å². The van der Waals surface area contributed by atoms with Gasteiger partial charge in [-0.25, -0.2) is 0 Å². The minimum Gasteiger partial charge on any atom is -0.396 e. The predicted molar refractivity (Wildman–Crippen MR) is 67.1 cm³/mol. The molecule has 0 atom stereocenters. The van der Waals surface area contributed by atoms with E-state index in [1.54, 1.807) is 0 Å². The van der Waals surface area contributed by atoms with Crippen LogP contribution in [0.3, 0.4) is 0 Å². The Hall–Kier alpha value is -0.580. The number of aliphatic hydroxyl groups is 1. The first-order valence-corrected chi connectivity index (χ1v) is 6.28. The number of aliphatic hydroxyl groups excluding tert-OH is 1. The van der Waals surface area contributed by atoms with E-state index >= 15 is 0 Å². The van der Waals surface area contributed by atoms with Gasteiger partial charge in [0, 0.05) is 23.3 Å². The summed E-state index contributed by atoms with van der Waals surface area (Å²) in [6, 6.07) is 3.84. The topological polar surface area (TPSA) is 49.3 Å². The second-order valence-electron chi connectivity index (χ2n) is 4.24. The van der Waals surface area contributed by atoms with Crippen molar-refractivity contribution in [3.63, 3.8) is 0 Å². The van der Waals surface area contributed by atoms with Crippen molar-refractivity contribution >= 4 is 28.8 Å². The zero-order valence-electron chi connectivity index (χ0n) is 9.42. The molecule has 3 nitrogen and oxygen atoms in total. The van der Waals surface area contributed by atoms with Crippen LogP contribution in [0.4, 0.5) is 0 Å². The van der Waals surface area contributed by atoms with Crippen LogP contribution in [0.5, 0.6) is 0 Å². The molecule has 1 rings (SSSR count). The molecular formula is C11H16ClNO2S. The summed E-state index contributed by atoms with van der Waals surface area (Å²) in [6.07, 6.45) is 0.154. The standard InChI is InChI=1S/C11H16ClNO2S/c1-11(2,7-13-10(15)5-6-14)8-3-4-9(12)16-8/h3-4,14H,5-7H2,1-2H3,(H,13,15). The van der Waals surface area contributed by atoms with Gasteiger partial charge in [0.1, 0.15) is 0 Å². The van der Waals surface area contributed by atoms with Crippen LogP contribution in [0.1, 0.15) is 25.1 Å². The van der Waals surface area contributed by atoms with Crippen LogP contribution in [0, 0.1) is 0 Å². The molecule has 0 spiro atoms. The zero-order valence-corrected chi connectivity index (χ0v) is 11.0. The van der Waals surface area contributed by atoms with E-state index in [0.717, 1.165) is 9.21 Å². The molecule has 1 aromatic heterocycles. The van der Waals surface area contributed by atoms with E-state index in [9.17, 15) is 4.79 Å². The highest BCUT2D eigenvalue weighted by atomic mass is 35.5. The SMILES string of the molecule is CC(C)(CNC(=O)CCO)c1ccc(Cl)s1. The molecular weight excluding hydrogens is 246 g/mol. The Bertz CT molecular complexity index is 363. The highest BCUT2D eigenvalue weighted by molar-refractivity contribution is 7.16. The monoisotopic (exact) mass is 261 g/mol.